The van der Waals surface area contributed by atoms with Gasteiger partial charge in [-0.15, -0.1) is 0 Å². The molecule has 0 bridgehead atoms. The first-order chi connectivity index (χ1) is 13.1. The lowest BCUT2D eigenvalue weighted by atomic mass is 10.1. The Labute approximate surface area is 158 Å². The number of amides is 1. The van der Waals surface area contributed by atoms with Crippen LogP contribution in [0.5, 0.6) is 0 Å². The van der Waals surface area contributed by atoms with Gasteiger partial charge in [-0.25, -0.2) is 9.59 Å². The lowest BCUT2D eigenvalue weighted by Gasteiger charge is -2.23. The summed E-state index contributed by atoms with van der Waals surface area (Å²) in [6, 6.07) is 15.7. The van der Waals surface area contributed by atoms with Crippen molar-refractivity contribution in [3.8, 4) is 0 Å². The van der Waals surface area contributed by atoms with Crippen LogP contribution >= 0.6 is 0 Å². The third-order valence-electron chi connectivity index (χ3n) is 4.55. The zero-order valence-corrected chi connectivity index (χ0v) is 15.0. The average molecular weight is 369 g/mol. The number of carboxylic acids is 1. The summed E-state index contributed by atoms with van der Waals surface area (Å²) in [6.45, 7) is 1.39. The number of anilines is 1. The summed E-state index contributed by atoms with van der Waals surface area (Å²) in [6.07, 6.45) is 2.43. The maximum Gasteiger partial charge on any atom is 0.414 e. The van der Waals surface area contributed by atoms with Crippen molar-refractivity contribution < 1.29 is 24.2 Å². The number of rotatable bonds is 7. The Morgan fingerprint density at radius 2 is 1.85 bits per heavy atom. The molecule has 1 heterocycles. The lowest BCUT2D eigenvalue weighted by molar-refractivity contribution is 0.0697. The number of aromatic carboxylic acids is 1. The number of carboxylic acid groups (broad SMARTS) is 1. The summed E-state index contributed by atoms with van der Waals surface area (Å²) in [5.74, 6) is -1.00. The first-order valence-electron chi connectivity index (χ1n) is 9.06. The molecule has 0 saturated carbocycles. The van der Waals surface area contributed by atoms with E-state index in [1.165, 1.54) is 17.0 Å². The predicted molar refractivity (Wildman–Crippen MR) is 101 cm³/mol. The summed E-state index contributed by atoms with van der Waals surface area (Å²) in [5.41, 5.74) is 1.69. The molecule has 2 aromatic rings. The van der Waals surface area contributed by atoms with Gasteiger partial charge in [-0.05, 0) is 49.1 Å². The highest BCUT2D eigenvalue weighted by molar-refractivity contribution is 5.90. The van der Waals surface area contributed by atoms with Gasteiger partial charge < -0.3 is 14.6 Å². The first-order valence-corrected chi connectivity index (χ1v) is 9.06. The number of carbonyl (C=O) groups excluding carboxylic acids is 1. The van der Waals surface area contributed by atoms with Gasteiger partial charge in [-0.1, -0.05) is 30.3 Å². The van der Waals surface area contributed by atoms with Crippen molar-refractivity contribution in [2.75, 3.05) is 18.1 Å². The zero-order valence-electron chi connectivity index (χ0n) is 15.0. The summed E-state index contributed by atoms with van der Waals surface area (Å²) >= 11 is 0. The summed E-state index contributed by atoms with van der Waals surface area (Å²) < 4.78 is 11.1. The minimum absolute atomic E-state index is 0.146. The van der Waals surface area contributed by atoms with Crippen LogP contribution in [0, 0.1) is 0 Å². The molecule has 142 valence electrons. The number of carbonyl (C=O) groups is 2. The van der Waals surface area contributed by atoms with Crippen molar-refractivity contribution in [3.63, 3.8) is 0 Å². The van der Waals surface area contributed by atoms with Crippen LogP contribution in [0.4, 0.5) is 10.5 Å². The van der Waals surface area contributed by atoms with Gasteiger partial charge in [0.25, 0.3) is 0 Å². The highest BCUT2D eigenvalue weighted by atomic mass is 16.6. The van der Waals surface area contributed by atoms with E-state index in [1.807, 2.05) is 30.3 Å². The molecule has 1 fully saturated rings. The Bertz CT molecular complexity index is 754. The largest absolute Gasteiger partial charge is 0.478 e. The highest BCUT2D eigenvalue weighted by Crippen LogP contribution is 2.21. The fourth-order valence-corrected chi connectivity index (χ4v) is 3.05. The molecule has 6 heteroatoms. The molecule has 0 radical (unpaired) electrons. The first kappa shape index (κ1) is 18.9. The van der Waals surface area contributed by atoms with Gasteiger partial charge in [0.15, 0.2) is 0 Å². The molecule has 1 unspecified atom stereocenters. The Morgan fingerprint density at radius 1 is 1.11 bits per heavy atom. The Morgan fingerprint density at radius 3 is 2.48 bits per heavy atom. The molecule has 6 nitrogen and oxygen atoms in total. The van der Waals surface area contributed by atoms with Crippen LogP contribution in [0.15, 0.2) is 54.6 Å². The van der Waals surface area contributed by atoms with Crippen molar-refractivity contribution in [2.24, 2.45) is 0 Å². The van der Waals surface area contributed by atoms with Gasteiger partial charge in [0, 0.05) is 18.8 Å². The van der Waals surface area contributed by atoms with E-state index < -0.39 is 12.1 Å². The van der Waals surface area contributed by atoms with Crippen LogP contribution in [-0.4, -0.2) is 36.4 Å². The van der Waals surface area contributed by atoms with Gasteiger partial charge in [0.05, 0.1) is 11.7 Å². The SMILES string of the molecule is O=C(O)c1ccc(N(CCC2CCCO2)C(=O)OCc2ccccc2)cc1. The molecule has 1 saturated heterocycles. The van der Waals surface area contributed by atoms with E-state index in [0.29, 0.717) is 18.7 Å². The normalized spacial score (nSPS) is 16.1. The Kier molecular flexibility index (Phi) is 6.44. The maximum atomic E-state index is 12.7. The molecule has 3 rings (SSSR count). The number of hydrogen-bond acceptors (Lipinski definition) is 4. The number of ether oxygens (including phenoxy) is 2. The van der Waals surface area contributed by atoms with Crippen molar-refractivity contribution in [2.45, 2.75) is 32.0 Å². The van der Waals surface area contributed by atoms with E-state index in [1.54, 1.807) is 12.1 Å². The average Bonchev–Trinajstić information content (AvgIpc) is 3.21. The molecule has 2 aromatic carbocycles. The molecule has 1 N–H and O–H groups in total. The van der Waals surface area contributed by atoms with E-state index >= 15 is 0 Å². The van der Waals surface area contributed by atoms with E-state index in [9.17, 15) is 9.59 Å². The smallest absolute Gasteiger partial charge is 0.414 e. The van der Waals surface area contributed by atoms with Gasteiger partial charge in [0.1, 0.15) is 6.61 Å². The number of benzene rings is 2. The Hall–Kier alpha value is -2.86. The van der Waals surface area contributed by atoms with Crippen LogP contribution in [0.1, 0.15) is 35.2 Å². The van der Waals surface area contributed by atoms with Crippen molar-refractivity contribution >= 4 is 17.7 Å². The fourth-order valence-electron chi connectivity index (χ4n) is 3.05. The molecular formula is C21H23NO5. The van der Waals surface area contributed by atoms with Gasteiger partial charge in [-0.2, -0.15) is 0 Å². The summed E-state index contributed by atoms with van der Waals surface area (Å²) in [5, 5.41) is 9.06. The van der Waals surface area contributed by atoms with Crippen LogP contribution in [0.2, 0.25) is 0 Å². The minimum atomic E-state index is -1.00. The third-order valence-corrected chi connectivity index (χ3v) is 4.55. The molecule has 0 spiro atoms. The monoisotopic (exact) mass is 369 g/mol. The zero-order chi connectivity index (χ0) is 19.1. The van der Waals surface area contributed by atoms with E-state index in [-0.39, 0.29) is 18.3 Å². The fraction of sp³-hybridized carbons (Fsp3) is 0.333. The van der Waals surface area contributed by atoms with Crippen LogP contribution in [0.3, 0.4) is 0 Å². The number of nitrogens with zero attached hydrogens (tertiary/aromatic N) is 1. The maximum absolute atomic E-state index is 12.7. The third kappa shape index (κ3) is 5.31. The molecule has 0 aromatic heterocycles. The highest BCUT2D eigenvalue weighted by Gasteiger charge is 2.22. The second kappa shape index (κ2) is 9.19. The molecule has 0 aliphatic carbocycles. The van der Waals surface area contributed by atoms with Crippen LogP contribution < -0.4 is 4.90 Å². The van der Waals surface area contributed by atoms with E-state index in [2.05, 4.69) is 0 Å². The summed E-state index contributed by atoms with van der Waals surface area (Å²) in [7, 11) is 0. The van der Waals surface area contributed by atoms with Crippen molar-refractivity contribution in [1.82, 2.24) is 0 Å². The van der Waals surface area contributed by atoms with Crippen molar-refractivity contribution in [1.29, 1.82) is 0 Å². The molecule has 1 aliphatic rings. The van der Waals surface area contributed by atoms with Crippen LogP contribution in [-0.2, 0) is 16.1 Å². The quantitative estimate of drug-likeness (QED) is 0.795. The molecule has 1 aliphatic heterocycles. The second-order valence-electron chi connectivity index (χ2n) is 6.47. The lowest BCUT2D eigenvalue weighted by Crippen LogP contribution is -2.34. The summed E-state index contributed by atoms with van der Waals surface area (Å²) in [4.78, 5) is 25.3. The van der Waals surface area contributed by atoms with Gasteiger partial charge in [0.2, 0.25) is 0 Å². The molecule has 1 amide bonds. The Balaban J connectivity index is 1.69. The molecule has 1 atom stereocenters. The molecular weight excluding hydrogens is 346 g/mol. The van der Waals surface area contributed by atoms with Crippen molar-refractivity contribution in [3.05, 3.63) is 65.7 Å². The van der Waals surface area contributed by atoms with Crippen LogP contribution in [0.25, 0.3) is 0 Å². The van der Waals surface area contributed by atoms with Gasteiger partial charge >= 0.3 is 12.1 Å². The molecule has 27 heavy (non-hydrogen) atoms. The second-order valence-corrected chi connectivity index (χ2v) is 6.47. The topological polar surface area (TPSA) is 76.1 Å². The van der Waals surface area contributed by atoms with E-state index in [4.69, 9.17) is 14.6 Å². The van der Waals surface area contributed by atoms with Gasteiger partial charge in [-0.3, -0.25) is 4.90 Å². The minimum Gasteiger partial charge on any atom is -0.478 e. The standard InChI is InChI=1S/C21H23NO5/c23-20(24)17-8-10-18(11-9-17)22(13-12-19-7-4-14-26-19)21(25)27-15-16-5-2-1-3-6-16/h1-3,5-6,8-11,19H,4,7,12-15H2,(H,23,24). The predicted octanol–water partition coefficient (Wildman–Crippen LogP) is 4.10. The van der Waals surface area contributed by atoms with E-state index in [0.717, 1.165) is 25.0 Å². The number of hydrogen-bond donors (Lipinski definition) is 1.